The van der Waals surface area contributed by atoms with Crippen LogP contribution >= 0.6 is 7.82 Å². The maximum atomic E-state index is 13.2. The first-order valence-electron chi connectivity index (χ1n) is 19.3. The minimum atomic E-state index is -5.26. The van der Waals surface area contributed by atoms with E-state index in [1.54, 1.807) is 0 Å². The predicted molar refractivity (Wildman–Crippen MR) is 191 cm³/mol. The zero-order chi connectivity index (χ0) is 38.1. The summed E-state index contributed by atoms with van der Waals surface area (Å²) in [5.41, 5.74) is 0. The molecule has 0 saturated carbocycles. The van der Waals surface area contributed by atoms with Crippen molar-refractivity contribution in [1.29, 1.82) is 0 Å². The molecule has 6 N–H and O–H groups in total. The number of ether oxygens (including phenoxy) is 3. The van der Waals surface area contributed by atoms with Crippen molar-refractivity contribution in [2.45, 2.75) is 205 Å². The number of carbonyl (C=O) groups is 3. The summed E-state index contributed by atoms with van der Waals surface area (Å²) < 4.78 is 33.0. The van der Waals surface area contributed by atoms with Gasteiger partial charge in [0, 0.05) is 6.92 Å². The molecule has 0 bridgehead atoms. The largest absolute Gasteiger partial charge is 0.470 e. The van der Waals surface area contributed by atoms with Gasteiger partial charge in [-0.3, -0.25) is 18.9 Å². The number of aliphatic hydroxyl groups is 3. The molecule has 0 aromatic carbocycles. The molecule has 0 spiro atoms. The van der Waals surface area contributed by atoms with Gasteiger partial charge in [-0.1, -0.05) is 123 Å². The van der Waals surface area contributed by atoms with E-state index in [9.17, 15) is 44.1 Å². The van der Waals surface area contributed by atoms with Crippen LogP contribution in [0, 0.1) is 0 Å². The summed E-state index contributed by atoms with van der Waals surface area (Å²) in [5, 5.41) is 33.6. The number of phosphoric ester groups is 1. The van der Waals surface area contributed by atoms with Crippen molar-refractivity contribution < 1.29 is 62.8 Å². The highest BCUT2D eigenvalue weighted by Gasteiger charge is 2.51. The average Bonchev–Trinajstić information content (AvgIpc) is 3.05. The number of hydrogen-bond acceptors (Lipinski definition) is 11. The topological polar surface area (TPSA) is 218 Å². The van der Waals surface area contributed by atoms with Gasteiger partial charge in [0.05, 0.1) is 25.6 Å². The molecule has 1 aliphatic rings. The van der Waals surface area contributed by atoms with Crippen LogP contribution in [-0.2, 0) is 37.7 Å². The van der Waals surface area contributed by atoms with Gasteiger partial charge < -0.3 is 44.6 Å². The van der Waals surface area contributed by atoms with Crippen LogP contribution in [0.15, 0.2) is 0 Å². The summed E-state index contributed by atoms with van der Waals surface area (Å²) in [4.78, 5) is 57.2. The van der Waals surface area contributed by atoms with E-state index >= 15 is 0 Å². The lowest BCUT2D eigenvalue weighted by Gasteiger charge is -2.43. The summed E-state index contributed by atoms with van der Waals surface area (Å²) in [6, 6.07) is -1.58. The molecule has 0 aliphatic carbocycles. The second-order valence-corrected chi connectivity index (χ2v) is 15.1. The Kier molecular flexibility index (Phi) is 25.9. The number of esters is 2. The Hall–Kier alpha value is -1.64. The van der Waals surface area contributed by atoms with Crippen molar-refractivity contribution >= 4 is 25.7 Å². The molecule has 0 aromatic rings. The van der Waals surface area contributed by atoms with E-state index in [1.165, 1.54) is 64.7 Å². The Bertz CT molecular complexity index is 996. The second kappa shape index (κ2) is 27.9. The van der Waals surface area contributed by atoms with Crippen LogP contribution in [-0.4, -0.2) is 92.4 Å². The van der Waals surface area contributed by atoms with Crippen LogP contribution in [0.25, 0.3) is 0 Å². The molecule has 0 aromatic heterocycles. The molecule has 1 heterocycles. The van der Waals surface area contributed by atoms with Gasteiger partial charge in [-0.05, 0) is 19.3 Å². The molecule has 0 unspecified atom stereocenters. The van der Waals surface area contributed by atoms with Crippen LogP contribution in [0.1, 0.15) is 162 Å². The lowest BCUT2D eigenvalue weighted by Crippen LogP contribution is -2.65. The number of aliphatic hydroxyl groups excluding tert-OH is 3. The number of hydrogen-bond donors (Lipinski definition) is 6. The van der Waals surface area contributed by atoms with Crippen molar-refractivity contribution in [3.63, 3.8) is 0 Å². The Labute approximate surface area is 305 Å². The van der Waals surface area contributed by atoms with E-state index in [1.807, 2.05) is 0 Å². The molecular weight excluding hydrogens is 685 g/mol. The Morgan fingerprint density at radius 2 is 1.25 bits per heavy atom. The molecule has 0 radical (unpaired) electrons. The third-order valence-corrected chi connectivity index (χ3v) is 9.64. The smallest absolute Gasteiger partial charge is 0.462 e. The number of carbonyl (C=O) groups excluding carboxylic acids is 3. The summed E-state index contributed by atoms with van der Waals surface area (Å²) >= 11 is 0. The first-order chi connectivity index (χ1) is 24.3. The van der Waals surface area contributed by atoms with Crippen LogP contribution in [0.4, 0.5) is 0 Å². The van der Waals surface area contributed by atoms with E-state index in [4.69, 9.17) is 18.7 Å². The summed E-state index contributed by atoms with van der Waals surface area (Å²) in [6.45, 7) is 4.70. The minimum absolute atomic E-state index is 0.346. The first kappa shape index (κ1) is 47.4. The normalized spacial score (nSPS) is 21.9. The van der Waals surface area contributed by atoms with Crippen LogP contribution in [0.3, 0.4) is 0 Å². The van der Waals surface area contributed by atoms with Crippen molar-refractivity contribution in [3.05, 3.63) is 0 Å². The van der Waals surface area contributed by atoms with Gasteiger partial charge in [0.2, 0.25) is 5.91 Å². The number of amides is 1. The lowest BCUT2D eigenvalue weighted by atomic mass is 9.96. The van der Waals surface area contributed by atoms with Crippen LogP contribution < -0.4 is 5.32 Å². The number of rotatable bonds is 30. The fourth-order valence-electron chi connectivity index (χ4n) is 6.40. The molecule has 1 saturated heterocycles. The summed E-state index contributed by atoms with van der Waals surface area (Å²) in [6.07, 6.45) is 10.7. The third kappa shape index (κ3) is 22.9. The Balaban J connectivity index is 2.85. The Morgan fingerprint density at radius 1 is 0.765 bits per heavy atom. The third-order valence-electron chi connectivity index (χ3n) is 9.12. The molecule has 1 fully saturated rings. The van der Waals surface area contributed by atoms with Crippen molar-refractivity contribution in [2.75, 3.05) is 6.61 Å². The van der Waals surface area contributed by atoms with Crippen molar-refractivity contribution in [2.24, 2.45) is 0 Å². The monoisotopic (exact) mass is 753 g/mol. The van der Waals surface area contributed by atoms with E-state index in [0.29, 0.717) is 19.3 Å². The summed E-state index contributed by atoms with van der Waals surface area (Å²) in [5.74, 6) is -2.27. The van der Waals surface area contributed by atoms with Gasteiger partial charge in [-0.15, -0.1) is 0 Å². The van der Waals surface area contributed by atoms with Gasteiger partial charge in [0.15, 0.2) is 12.4 Å². The highest BCUT2D eigenvalue weighted by Crippen LogP contribution is 2.42. The van der Waals surface area contributed by atoms with Gasteiger partial charge in [0.25, 0.3) is 0 Å². The van der Waals surface area contributed by atoms with Gasteiger partial charge in [-0.25, -0.2) is 4.57 Å². The van der Waals surface area contributed by atoms with Gasteiger partial charge in [0.1, 0.15) is 24.4 Å². The van der Waals surface area contributed by atoms with Crippen LogP contribution in [0.2, 0.25) is 0 Å². The minimum Gasteiger partial charge on any atom is -0.462 e. The predicted octanol–water partition coefficient (Wildman–Crippen LogP) is 5.49. The van der Waals surface area contributed by atoms with E-state index in [-0.39, 0.29) is 6.42 Å². The van der Waals surface area contributed by atoms with Gasteiger partial charge >= 0.3 is 19.8 Å². The molecule has 51 heavy (non-hydrogen) atoms. The quantitative estimate of drug-likeness (QED) is 0.0304. The van der Waals surface area contributed by atoms with Crippen molar-refractivity contribution in [1.82, 2.24) is 5.32 Å². The molecule has 7 atom stereocenters. The lowest BCUT2D eigenvalue weighted by molar-refractivity contribution is -0.256. The Morgan fingerprint density at radius 3 is 1.73 bits per heavy atom. The van der Waals surface area contributed by atoms with Crippen molar-refractivity contribution in [3.8, 4) is 0 Å². The van der Waals surface area contributed by atoms with E-state index < -0.39 is 81.5 Å². The van der Waals surface area contributed by atoms with E-state index in [0.717, 1.165) is 51.4 Å². The number of nitrogens with one attached hydrogen (secondary N) is 1. The zero-order valence-electron chi connectivity index (χ0n) is 31.3. The molecule has 1 rings (SSSR count). The highest BCUT2D eigenvalue weighted by molar-refractivity contribution is 7.46. The number of phosphoric acid groups is 1. The zero-order valence-corrected chi connectivity index (χ0v) is 32.1. The molecule has 14 nitrogen and oxygen atoms in total. The molecule has 1 aliphatic heterocycles. The molecular formula is C36H68NO13P. The van der Waals surface area contributed by atoms with Crippen LogP contribution in [0.5, 0.6) is 0 Å². The standard InChI is InChI=1S/C36H68NO13P/c1-4-6-8-10-12-14-16-18-20-22-28(40)24-31(41)37-33-35(34(50-51(44,45)46)30(26-38)48-36(33)43)49-32(42)25-29(47-27(3)39)23-21-19-17-15-13-11-9-7-5-2/h28-30,33-36,38,40,43H,4-26H2,1-3H3,(H,37,41)(H2,44,45,46)/t28-,29+,30-,33-,34-,35-,36-/m1/s1. The second-order valence-electron chi connectivity index (χ2n) is 13.9. The SMILES string of the molecule is CCCCCCCCCCC[C@@H](O)CC(=O)N[C@@H]1[C@@H](OC(=O)C[C@H](CCCCCCCCCCC)OC(C)=O)[C@H](OP(=O)(O)O)[C@@H](CO)O[C@H]1O. The molecule has 1 amide bonds. The maximum Gasteiger partial charge on any atom is 0.470 e. The fraction of sp³-hybridized carbons (Fsp3) is 0.917. The maximum absolute atomic E-state index is 13.2. The number of unbranched alkanes of at least 4 members (excludes halogenated alkanes) is 16. The van der Waals surface area contributed by atoms with E-state index in [2.05, 4.69) is 19.2 Å². The fourth-order valence-corrected chi connectivity index (χ4v) is 6.98. The first-order valence-corrected chi connectivity index (χ1v) is 20.9. The average molecular weight is 754 g/mol. The molecule has 15 heteroatoms. The highest BCUT2D eigenvalue weighted by atomic mass is 31.2. The van der Waals surface area contributed by atoms with Gasteiger partial charge in [-0.2, -0.15) is 0 Å². The summed E-state index contributed by atoms with van der Waals surface area (Å²) in [7, 11) is -5.26. The molecule has 300 valence electrons.